The van der Waals surface area contributed by atoms with Crippen LogP contribution in [0.15, 0.2) is 24.3 Å². The lowest BCUT2D eigenvalue weighted by atomic mass is 10.0. The van der Waals surface area contributed by atoms with E-state index in [0.29, 0.717) is 18.2 Å². The lowest BCUT2D eigenvalue weighted by Crippen LogP contribution is -2.52. The van der Waals surface area contributed by atoms with Gasteiger partial charge in [-0.1, -0.05) is 0 Å². The molecule has 1 amide bonds. The van der Waals surface area contributed by atoms with Gasteiger partial charge in [0, 0.05) is 24.7 Å². The van der Waals surface area contributed by atoms with Gasteiger partial charge < -0.3 is 20.1 Å². The van der Waals surface area contributed by atoms with E-state index < -0.39 is 6.10 Å². The van der Waals surface area contributed by atoms with Crippen molar-refractivity contribution in [1.82, 2.24) is 20.0 Å². The number of piperidine rings is 1. The number of hydrogen-bond acceptors (Lipinski definition) is 6. The van der Waals surface area contributed by atoms with Gasteiger partial charge in [-0.3, -0.25) is 14.6 Å². The van der Waals surface area contributed by atoms with Crippen molar-refractivity contribution in [3.8, 4) is 5.75 Å². The third-order valence-electron chi connectivity index (χ3n) is 7.35. The van der Waals surface area contributed by atoms with Crippen LogP contribution in [-0.4, -0.2) is 103 Å². The Kier molecular flexibility index (Phi) is 8.41. The molecule has 3 aliphatic rings. The maximum atomic E-state index is 12.9. The van der Waals surface area contributed by atoms with E-state index >= 15 is 0 Å². The Balaban J connectivity index is 1.28. The first-order valence-electron chi connectivity index (χ1n) is 12.5. The molecule has 1 aromatic carbocycles. The normalized spacial score (nSPS) is 26.7. The molecule has 2 atom stereocenters. The number of amides is 1. The van der Waals surface area contributed by atoms with Crippen molar-refractivity contribution in [2.75, 3.05) is 59.5 Å². The van der Waals surface area contributed by atoms with Crippen LogP contribution in [0.5, 0.6) is 5.75 Å². The maximum Gasteiger partial charge on any atom is 0.251 e. The Labute approximate surface area is 192 Å². The number of aliphatic hydroxyl groups is 1. The SMILES string of the molecule is CN1CCC(N2CCCC(O)C(NC(=O)c3ccc(OCCN4CCCC4)cc3)C2)CC1. The maximum absolute atomic E-state index is 12.9. The van der Waals surface area contributed by atoms with Crippen LogP contribution in [-0.2, 0) is 0 Å². The number of carbonyl (C=O) groups excluding carboxylic acids is 1. The average molecular weight is 445 g/mol. The van der Waals surface area contributed by atoms with Crippen molar-refractivity contribution < 1.29 is 14.6 Å². The highest BCUT2D eigenvalue weighted by molar-refractivity contribution is 5.94. The van der Waals surface area contributed by atoms with Gasteiger partial charge in [-0.05, 0) is 103 Å². The fourth-order valence-corrected chi connectivity index (χ4v) is 5.26. The molecular weight excluding hydrogens is 404 g/mol. The van der Waals surface area contributed by atoms with Gasteiger partial charge >= 0.3 is 0 Å². The van der Waals surface area contributed by atoms with Crippen molar-refractivity contribution in [2.45, 2.75) is 56.7 Å². The minimum Gasteiger partial charge on any atom is -0.492 e. The first kappa shape index (κ1) is 23.5. The van der Waals surface area contributed by atoms with Gasteiger partial charge in [-0.15, -0.1) is 0 Å². The van der Waals surface area contributed by atoms with Gasteiger partial charge in [0.25, 0.3) is 5.91 Å². The average Bonchev–Trinajstić information content (AvgIpc) is 3.25. The van der Waals surface area contributed by atoms with Gasteiger partial charge in [-0.2, -0.15) is 0 Å². The number of likely N-dealkylation sites (tertiary alicyclic amines) is 3. The molecule has 3 heterocycles. The second kappa shape index (κ2) is 11.5. The standard InChI is InChI=1S/C25H40N4O3/c1-27-15-10-21(11-16-27)29-14-4-5-24(30)23(19-29)26-25(31)20-6-8-22(9-7-20)32-18-17-28-12-2-3-13-28/h6-9,21,23-24,30H,2-5,10-19H2,1H3,(H,26,31). The fourth-order valence-electron chi connectivity index (χ4n) is 5.26. The fraction of sp³-hybridized carbons (Fsp3) is 0.720. The lowest BCUT2D eigenvalue weighted by molar-refractivity contribution is 0.0723. The predicted octanol–water partition coefficient (Wildman–Crippen LogP) is 1.81. The van der Waals surface area contributed by atoms with Crippen molar-refractivity contribution in [3.05, 3.63) is 29.8 Å². The van der Waals surface area contributed by atoms with E-state index in [-0.39, 0.29) is 11.9 Å². The van der Waals surface area contributed by atoms with Crippen LogP contribution in [0.2, 0.25) is 0 Å². The Bertz CT molecular complexity index is 714. The molecule has 4 rings (SSSR count). The third kappa shape index (κ3) is 6.44. The Morgan fingerprint density at radius 3 is 2.47 bits per heavy atom. The number of nitrogens with one attached hydrogen (secondary N) is 1. The molecule has 0 aromatic heterocycles. The number of hydrogen-bond donors (Lipinski definition) is 2. The summed E-state index contributed by atoms with van der Waals surface area (Å²) in [5.41, 5.74) is 0.610. The number of benzene rings is 1. The summed E-state index contributed by atoms with van der Waals surface area (Å²) in [5.74, 6) is 0.673. The number of aliphatic hydroxyl groups excluding tert-OH is 1. The molecule has 7 heteroatoms. The van der Waals surface area contributed by atoms with Crippen LogP contribution in [0.25, 0.3) is 0 Å². The second-order valence-electron chi connectivity index (χ2n) is 9.74. The molecule has 3 aliphatic heterocycles. The molecule has 3 saturated heterocycles. The van der Waals surface area contributed by atoms with Gasteiger partial charge in [-0.25, -0.2) is 0 Å². The molecular formula is C25H40N4O3. The molecule has 0 spiro atoms. The van der Waals surface area contributed by atoms with E-state index in [4.69, 9.17) is 4.74 Å². The monoisotopic (exact) mass is 444 g/mol. The highest BCUT2D eigenvalue weighted by Crippen LogP contribution is 2.21. The van der Waals surface area contributed by atoms with Gasteiger partial charge in [0.2, 0.25) is 0 Å². The summed E-state index contributed by atoms with van der Waals surface area (Å²) in [6, 6.07) is 7.69. The number of ether oxygens (including phenoxy) is 1. The molecule has 0 saturated carbocycles. The summed E-state index contributed by atoms with van der Waals surface area (Å²) >= 11 is 0. The molecule has 2 N–H and O–H groups in total. The largest absolute Gasteiger partial charge is 0.492 e. The highest BCUT2D eigenvalue weighted by Gasteiger charge is 2.31. The van der Waals surface area contributed by atoms with Crippen molar-refractivity contribution >= 4 is 5.91 Å². The Hall–Kier alpha value is -1.67. The first-order chi connectivity index (χ1) is 15.6. The summed E-state index contributed by atoms with van der Waals surface area (Å²) in [6.07, 6.45) is 6.11. The van der Waals surface area contributed by atoms with Crippen LogP contribution < -0.4 is 10.1 Å². The zero-order valence-electron chi connectivity index (χ0n) is 19.5. The summed E-state index contributed by atoms with van der Waals surface area (Å²) in [5, 5.41) is 13.8. The molecule has 7 nitrogen and oxygen atoms in total. The van der Waals surface area contributed by atoms with E-state index in [2.05, 4.69) is 27.1 Å². The van der Waals surface area contributed by atoms with Crippen molar-refractivity contribution in [1.29, 1.82) is 0 Å². The van der Waals surface area contributed by atoms with Crippen LogP contribution >= 0.6 is 0 Å². The van der Waals surface area contributed by atoms with E-state index in [1.165, 1.54) is 25.9 Å². The van der Waals surface area contributed by atoms with E-state index in [9.17, 15) is 9.90 Å². The topological polar surface area (TPSA) is 68.3 Å². The summed E-state index contributed by atoms with van der Waals surface area (Å²) in [6.45, 7) is 7.93. The van der Waals surface area contributed by atoms with Crippen molar-refractivity contribution in [2.24, 2.45) is 0 Å². The summed E-state index contributed by atoms with van der Waals surface area (Å²) in [4.78, 5) is 20.2. The number of rotatable bonds is 7. The lowest BCUT2D eigenvalue weighted by Gasteiger charge is -2.38. The third-order valence-corrected chi connectivity index (χ3v) is 7.35. The van der Waals surface area contributed by atoms with E-state index in [1.807, 2.05) is 24.3 Å². The molecule has 1 aromatic rings. The van der Waals surface area contributed by atoms with Crippen LogP contribution in [0, 0.1) is 0 Å². The molecule has 178 valence electrons. The highest BCUT2D eigenvalue weighted by atomic mass is 16.5. The minimum absolute atomic E-state index is 0.122. The molecule has 2 unspecified atom stereocenters. The Morgan fingerprint density at radius 2 is 1.75 bits per heavy atom. The molecule has 32 heavy (non-hydrogen) atoms. The minimum atomic E-state index is -0.497. The van der Waals surface area contributed by atoms with Crippen LogP contribution in [0.1, 0.15) is 48.9 Å². The quantitative estimate of drug-likeness (QED) is 0.669. The smallest absolute Gasteiger partial charge is 0.251 e. The molecule has 0 bridgehead atoms. The zero-order valence-corrected chi connectivity index (χ0v) is 19.5. The predicted molar refractivity (Wildman–Crippen MR) is 126 cm³/mol. The first-order valence-corrected chi connectivity index (χ1v) is 12.5. The van der Waals surface area contributed by atoms with Crippen molar-refractivity contribution in [3.63, 3.8) is 0 Å². The van der Waals surface area contributed by atoms with Gasteiger partial charge in [0.1, 0.15) is 12.4 Å². The molecule has 0 aliphatic carbocycles. The number of carbonyl (C=O) groups is 1. The Morgan fingerprint density at radius 1 is 1.03 bits per heavy atom. The van der Waals surface area contributed by atoms with E-state index in [1.54, 1.807) is 0 Å². The van der Waals surface area contributed by atoms with Crippen LogP contribution in [0.4, 0.5) is 0 Å². The van der Waals surface area contributed by atoms with Gasteiger partial charge in [0.05, 0.1) is 12.1 Å². The van der Waals surface area contributed by atoms with Gasteiger partial charge in [0.15, 0.2) is 0 Å². The van der Waals surface area contributed by atoms with Crippen LogP contribution in [0.3, 0.4) is 0 Å². The number of nitrogens with zero attached hydrogens (tertiary/aromatic N) is 3. The summed E-state index contributed by atoms with van der Waals surface area (Å²) in [7, 11) is 2.18. The summed E-state index contributed by atoms with van der Waals surface area (Å²) < 4.78 is 5.85. The molecule has 3 fully saturated rings. The molecule has 0 radical (unpaired) electrons. The van der Waals surface area contributed by atoms with E-state index in [0.717, 1.165) is 64.2 Å². The second-order valence-corrected chi connectivity index (χ2v) is 9.74. The zero-order chi connectivity index (χ0) is 22.3.